The van der Waals surface area contributed by atoms with Gasteiger partial charge < -0.3 is 0 Å². The number of aryl methyl sites for hydroxylation is 2. The summed E-state index contributed by atoms with van der Waals surface area (Å²) in [7, 11) is 0. The van der Waals surface area contributed by atoms with Gasteiger partial charge in [0.25, 0.3) is 0 Å². The Labute approximate surface area is 95.8 Å². The Morgan fingerprint density at radius 3 is 2.06 bits per heavy atom. The number of aromatic nitrogens is 4. The molecule has 4 heteroatoms. The summed E-state index contributed by atoms with van der Waals surface area (Å²) in [5, 5.41) is 15.7. The second-order valence-corrected chi connectivity index (χ2v) is 3.14. The fraction of sp³-hybridized carbons (Fsp3) is 0.333. The van der Waals surface area contributed by atoms with E-state index < -0.39 is 0 Å². The van der Waals surface area contributed by atoms with Crippen molar-refractivity contribution in [1.82, 2.24) is 20.4 Å². The maximum Gasteiger partial charge on any atom is 0.203 e. The van der Waals surface area contributed by atoms with Crippen LogP contribution in [0.4, 0.5) is 0 Å². The number of rotatable bonds is 1. The van der Waals surface area contributed by atoms with Gasteiger partial charge in [0, 0.05) is 5.56 Å². The molecule has 16 heavy (non-hydrogen) atoms. The van der Waals surface area contributed by atoms with E-state index in [1.165, 1.54) is 5.56 Å². The predicted octanol–water partition coefficient (Wildman–Crippen LogP) is 2.58. The lowest BCUT2D eigenvalue weighted by atomic mass is 10.1. The highest BCUT2D eigenvalue weighted by atomic mass is 15.3. The van der Waals surface area contributed by atoms with Crippen molar-refractivity contribution in [3.63, 3.8) is 0 Å². The molecule has 0 saturated heterocycles. The van der Waals surface area contributed by atoms with Gasteiger partial charge in [0.15, 0.2) is 5.82 Å². The molecule has 0 aliphatic rings. The summed E-state index contributed by atoms with van der Waals surface area (Å²) in [6, 6.07) is 7.95. The summed E-state index contributed by atoms with van der Waals surface area (Å²) in [5.41, 5.74) is 2.12. The van der Waals surface area contributed by atoms with Gasteiger partial charge in [-0.3, -0.25) is 0 Å². The fourth-order valence-electron chi connectivity index (χ4n) is 1.18. The van der Waals surface area contributed by atoms with E-state index in [1.807, 2.05) is 45.0 Å². The molecule has 0 aliphatic heterocycles. The molecular formula is C12H16N4. The van der Waals surface area contributed by atoms with Crippen LogP contribution in [0.25, 0.3) is 11.4 Å². The predicted molar refractivity (Wildman–Crippen MR) is 63.9 cm³/mol. The molecular weight excluding hydrogens is 200 g/mol. The average molecular weight is 216 g/mol. The Morgan fingerprint density at radius 2 is 1.50 bits per heavy atom. The first-order chi connectivity index (χ1) is 7.75. The quantitative estimate of drug-likeness (QED) is 0.735. The molecule has 1 aromatic heterocycles. The van der Waals surface area contributed by atoms with Gasteiger partial charge in [-0.2, -0.15) is 0 Å². The van der Waals surface area contributed by atoms with Crippen LogP contribution in [0.15, 0.2) is 24.3 Å². The van der Waals surface area contributed by atoms with Gasteiger partial charge >= 0.3 is 0 Å². The molecule has 0 aliphatic carbocycles. The summed E-state index contributed by atoms with van der Waals surface area (Å²) in [5.74, 6) is 1.15. The van der Waals surface area contributed by atoms with Crippen LogP contribution in [0.1, 0.15) is 25.2 Å². The summed E-state index contributed by atoms with van der Waals surface area (Å²) >= 11 is 0. The van der Waals surface area contributed by atoms with Gasteiger partial charge in [-0.1, -0.05) is 37.6 Å². The van der Waals surface area contributed by atoms with Gasteiger partial charge in [-0.05, 0) is 19.9 Å². The van der Waals surface area contributed by atoms with Crippen molar-refractivity contribution >= 4 is 0 Å². The molecule has 0 amide bonds. The monoisotopic (exact) mass is 216 g/mol. The van der Waals surface area contributed by atoms with Crippen LogP contribution in [0, 0.1) is 13.8 Å². The van der Waals surface area contributed by atoms with Crippen molar-refractivity contribution in [2.45, 2.75) is 27.7 Å². The zero-order valence-electron chi connectivity index (χ0n) is 10.1. The molecule has 84 valence electrons. The van der Waals surface area contributed by atoms with E-state index in [0.29, 0.717) is 11.6 Å². The van der Waals surface area contributed by atoms with Crippen molar-refractivity contribution < 1.29 is 0 Å². The molecule has 0 radical (unpaired) electrons. The molecule has 2 aromatic rings. The Morgan fingerprint density at radius 1 is 0.875 bits per heavy atom. The minimum absolute atomic E-state index is 0.569. The minimum Gasteiger partial charge on any atom is -0.131 e. The van der Waals surface area contributed by atoms with E-state index >= 15 is 0 Å². The fourth-order valence-corrected chi connectivity index (χ4v) is 1.18. The zero-order valence-corrected chi connectivity index (χ0v) is 10.1. The number of benzene rings is 1. The van der Waals surface area contributed by atoms with Crippen molar-refractivity contribution in [1.29, 1.82) is 0 Å². The zero-order chi connectivity index (χ0) is 12.0. The van der Waals surface area contributed by atoms with E-state index in [-0.39, 0.29) is 0 Å². The number of nitrogens with zero attached hydrogens (tertiary/aromatic N) is 4. The van der Waals surface area contributed by atoms with Gasteiger partial charge in [0.05, 0.1) is 0 Å². The number of hydrogen-bond acceptors (Lipinski definition) is 4. The first kappa shape index (κ1) is 12.2. The normalized spacial score (nSPS) is 9.25. The van der Waals surface area contributed by atoms with Crippen LogP contribution in [-0.4, -0.2) is 20.4 Å². The SMILES string of the molecule is CC.Cc1cccc(-c2nnc(C)nn2)c1. The summed E-state index contributed by atoms with van der Waals surface area (Å²) in [6.07, 6.45) is 0. The molecule has 0 N–H and O–H groups in total. The molecule has 1 aromatic carbocycles. The first-order valence-corrected chi connectivity index (χ1v) is 5.37. The average Bonchev–Trinajstić information content (AvgIpc) is 2.32. The summed E-state index contributed by atoms with van der Waals surface area (Å²) in [4.78, 5) is 0. The molecule has 0 unspecified atom stereocenters. The van der Waals surface area contributed by atoms with E-state index in [4.69, 9.17) is 0 Å². The Hall–Kier alpha value is -1.84. The number of hydrogen-bond donors (Lipinski definition) is 0. The van der Waals surface area contributed by atoms with Crippen molar-refractivity contribution in [3.05, 3.63) is 35.7 Å². The third-order valence-electron chi connectivity index (χ3n) is 1.86. The van der Waals surface area contributed by atoms with E-state index in [2.05, 4.69) is 20.4 Å². The van der Waals surface area contributed by atoms with Crippen LogP contribution in [-0.2, 0) is 0 Å². The highest BCUT2D eigenvalue weighted by molar-refractivity contribution is 5.54. The maximum atomic E-state index is 3.97. The van der Waals surface area contributed by atoms with Gasteiger partial charge in [0.2, 0.25) is 5.82 Å². The van der Waals surface area contributed by atoms with Crippen LogP contribution in [0.3, 0.4) is 0 Å². The molecule has 0 atom stereocenters. The minimum atomic E-state index is 0.569. The molecule has 0 saturated carbocycles. The van der Waals surface area contributed by atoms with Crippen LogP contribution in [0.5, 0.6) is 0 Å². The Balaban J connectivity index is 0.000000606. The molecule has 2 rings (SSSR count). The molecule has 1 heterocycles. The van der Waals surface area contributed by atoms with E-state index in [0.717, 1.165) is 5.56 Å². The largest absolute Gasteiger partial charge is 0.203 e. The van der Waals surface area contributed by atoms with Crippen LogP contribution < -0.4 is 0 Å². The molecule has 0 fully saturated rings. The second kappa shape index (κ2) is 5.90. The third-order valence-corrected chi connectivity index (χ3v) is 1.86. The van der Waals surface area contributed by atoms with Crippen molar-refractivity contribution in [2.75, 3.05) is 0 Å². The highest BCUT2D eigenvalue weighted by Gasteiger charge is 2.01. The lowest BCUT2D eigenvalue weighted by Crippen LogP contribution is -1.98. The lowest BCUT2D eigenvalue weighted by molar-refractivity contribution is 0.816. The molecule has 0 bridgehead atoms. The lowest BCUT2D eigenvalue weighted by Gasteiger charge is -1.98. The van der Waals surface area contributed by atoms with Crippen molar-refractivity contribution in [3.8, 4) is 11.4 Å². The maximum absolute atomic E-state index is 3.97. The molecule has 4 nitrogen and oxygen atoms in total. The Bertz CT molecular complexity index is 437. The topological polar surface area (TPSA) is 51.6 Å². The Kier molecular flexibility index (Phi) is 4.51. The third kappa shape index (κ3) is 3.08. The van der Waals surface area contributed by atoms with Crippen LogP contribution >= 0.6 is 0 Å². The van der Waals surface area contributed by atoms with Gasteiger partial charge in [0.1, 0.15) is 0 Å². The van der Waals surface area contributed by atoms with Crippen LogP contribution in [0.2, 0.25) is 0 Å². The summed E-state index contributed by atoms with van der Waals surface area (Å²) < 4.78 is 0. The highest BCUT2D eigenvalue weighted by Crippen LogP contribution is 2.13. The van der Waals surface area contributed by atoms with Crippen molar-refractivity contribution in [2.24, 2.45) is 0 Å². The first-order valence-electron chi connectivity index (χ1n) is 5.37. The standard InChI is InChI=1S/C10H10N4.C2H6/c1-7-4-3-5-9(6-7)10-13-11-8(2)12-14-10;1-2/h3-6H,1-2H3;1-2H3. The van der Waals surface area contributed by atoms with E-state index in [1.54, 1.807) is 6.92 Å². The summed E-state index contributed by atoms with van der Waals surface area (Å²) in [6.45, 7) is 7.79. The van der Waals surface area contributed by atoms with E-state index in [9.17, 15) is 0 Å². The molecule has 0 spiro atoms. The second-order valence-electron chi connectivity index (χ2n) is 3.14. The smallest absolute Gasteiger partial charge is 0.131 e. The van der Waals surface area contributed by atoms with Gasteiger partial charge in [-0.25, -0.2) is 0 Å². The van der Waals surface area contributed by atoms with Gasteiger partial charge in [-0.15, -0.1) is 20.4 Å².